The Morgan fingerprint density at radius 1 is 1.05 bits per heavy atom. The van der Waals surface area contributed by atoms with Crippen molar-refractivity contribution in [2.75, 3.05) is 38.1 Å². The maximum atomic E-state index is 2.58. The molecule has 0 amide bonds. The van der Waals surface area contributed by atoms with E-state index < -0.39 is 0 Å². The van der Waals surface area contributed by atoms with Crippen molar-refractivity contribution in [1.82, 2.24) is 4.90 Å². The Bertz CT molecular complexity index is 568. The molecule has 19 heavy (non-hydrogen) atoms. The van der Waals surface area contributed by atoms with Crippen molar-refractivity contribution in [1.29, 1.82) is 0 Å². The van der Waals surface area contributed by atoms with Gasteiger partial charge in [-0.2, -0.15) is 0 Å². The largest absolute Gasteiger partial charge is 0.371 e. The van der Waals surface area contributed by atoms with E-state index in [4.69, 9.17) is 0 Å². The van der Waals surface area contributed by atoms with Crippen LogP contribution in [-0.2, 0) is 0 Å². The quantitative estimate of drug-likeness (QED) is 0.796. The maximum Gasteiger partial charge on any atom is 0.0373 e. The summed E-state index contributed by atoms with van der Waals surface area (Å²) in [7, 11) is 2.25. The number of hydrogen-bond acceptors (Lipinski definition) is 3. The zero-order chi connectivity index (χ0) is 12.1. The smallest absolute Gasteiger partial charge is 0.0373 e. The SMILES string of the molecule is CN1CC2CN(c3ccc4sccc4c3)CC2C1.Cl. The zero-order valence-electron chi connectivity index (χ0n) is 11.1. The average Bonchev–Trinajstić information content (AvgIpc) is 3.00. The van der Waals surface area contributed by atoms with Gasteiger partial charge in [-0.3, -0.25) is 0 Å². The van der Waals surface area contributed by atoms with Gasteiger partial charge >= 0.3 is 0 Å². The standard InChI is InChI=1S/C15H18N2S.ClH/c1-16-7-12-9-17(10-13(12)8-16)14-2-3-15-11(6-14)4-5-18-15;/h2-6,12-13H,7-10H2,1H3;1H. The van der Waals surface area contributed by atoms with Crippen molar-refractivity contribution in [2.45, 2.75) is 0 Å². The van der Waals surface area contributed by atoms with Crippen LogP contribution in [0.25, 0.3) is 10.1 Å². The van der Waals surface area contributed by atoms with E-state index >= 15 is 0 Å². The van der Waals surface area contributed by atoms with Crippen LogP contribution in [0.5, 0.6) is 0 Å². The number of anilines is 1. The van der Waals surface area contributed by atoms with E-state index in [0.29, 0.717) is 0 Å². The van der Waals surface area contributed by atoms with Gasteiger partial charge in [-0.15, -0.1) is 23.7 Å². The molecule has 2 aliphatic heterocycles. The lowest BCUT2D eigenvalue weighted by Crippen LogP contribution is -2.26. The van der Waals surface area contributed by atoms with Gasteiger partial charge in [-0.1, -0.05) is 0 Å². The molecule has 0 radical (unpaired) electrons. The Morgan fingerprint density at radius 3 is 2.53 bits per heavy atom. The number of rotatable bonds is 1. The molecule has 4 heteroatoms. The fourth-order valence-electron chi connectivity index (χ4n) is 3.59. The third-order valence-corrected chi connectivity index (χ3v) is 5.37. The predicted molar refractivity (Wildman–Crippen MR) is 85.8 cm³/mol. The second kappa shape index (κ2) is 4.97. The molecule has 3 heterocycles. The second-order valence-corrected chi connectivity index (χ2v) is 6.74. The van der Waals surface area contributed by atoms with E-state index in [-0.39, 0.29) is 12.4 Å². The summed E-state index contributed by atoms with van der Waals surface area (Å²) in [5.74, 6) is 1.77. The van der Waals surface area contributed by atoms with Gasteiger partial charge in [0.15, 0.2) is 0 Å². The Kier molecular flexibility index (Phi) is 3.46. The number of fused-ring (bicyclic) bond motifs is 2. The number of benzene rings is 1. The Balaban J connectivity index is 0.00000110. The van der Waals surface area contributed by atoms with Crippen LogP contribution < -0.4 is 4.90 Å². The molecule has 2 aromatic rings. The first-order valence-corrected chi connectivity index (χ1v) is 7.58. The van der Waals surface area contributed by atoms with Gasteiger partial charge < -0.3 is 9.80 Å². The van der Waals surface area contributed by atoms with E-state index in [9.17, 15) is 0 Å². The first kappa shape index (κ1) is 13.2. The van der Waals surface area contributed by atoms with E-state index in [2.05, 4.69) is 46.5 Å². The first-order valence-electron chi connectivity index (χ1n) is 6.70. The van der Waals surface area contributed by atoms with Crippen LogP contribution in [0.1, 0.15) is 0 Å². The van der Waals surface area contributed by atoms with Gasteiger partial charge in [0.25, 0.3) is 0 Å². The molecule has 2 unspecified atom stereocenters. The number of halogens is 1. The highest BCUT2D eigenvalue weighted by atomic mass is 35.5. The summed E-state index contributed by atoms with van der Waals surface area (Å²) >= 11 is 1.83. The molecule has 1 aromatic carbocycles. The summed E-state index contributed by atoms with van der Waals surface area (Å²) in [4.78, 5) is 5.06. The molecular formula is C15H19ClN2S. The van der Waals surface area contributed by atoms with Crippen molar-refractivity contribution in [3.05, 3.63) is 29.6 Å². The predicted octanol–water partition coefficient (Wildman–Crippen LogP) is 3.32. The molecule has 0 N–H and O–H groups in total. The third-order valence-electron chi connectivity index (χ3n) is 4.47. The molecule has 2 fully saturated rings. The molecule has 2 saturated heterocycles. The molecule has 0 spiro atoms. The normalized spacial score (nSPS) is 26.7. The van der Waals surface area contributed by atoms with Gasteiger partial charge in [0.05, 0.1) is 0 Å². The first-order chi connectivity index (χ1) is 8.79. The summed E-state index contributed by atoms with van der Waals surface area (Å²) < 4.78 is 1.40. The van der Waals surface area contributed by atoms with Gasteiger partial charge in [0.1, 0.15) is 0 Å². The fourth-order valence-corrected chi connectivity index (χ4v) is 4.36. The highest BCUT2D eigenvalue weighted by Gasteiger charge is 2.38. The van der Waals surface area contributed by atoms with E-state index in [1.807, 2.05) is 11.3 Å². The highest BCUT2D eigenvalue weighted by molar-refractivity contribution is 7.17. The summed E-state index contributed by atoms with van der Waals surface area (Å²) in [6.07, 6.45) is 0. The number of hydrogen-bond donors (Lipinski definition) is 0. The minimum Gasteiger partial charge on any atom is -0.371 e. The van der Waals surface area contributed by atoms with Gasteiger partial charge in [-0.05, 0) is 53.9 Å². The van der Waals surface area contributed by atoms with Gasteiger partial charge in [0, 0.05) is 36.6 Å². The fraction of sp³-hybridized carbons (Fsp3) is 0.467. The van der Waals surface area contributed by atoms with E-state index in [0.717, 1.165) is 11.8 Å². The van der Waals surface area contributed by atoms with Crippen LogP contribution >= 0.6 is 23.7 Å². The minimum absolute atomic E-state index is 0. The Morgan fingerprint density at radius 2 is 1.79 bits per heavy atom. The lowest BCUT2D eigenvalue weighted by molar-refractivity contribution is 0.387. The van der Waals surface area contributed by atoms with Crippen LogP contribution in [0.4, 0.5) is 5.69 Å². The van der Waals surface area contributed by atoms with Crippen LogP contribution in [0.3, 0.4) is 0 Å². The van der Waals surface area contributed by atoms with Crippen LogP contribution in [-0.4, -0.2) is 38.1 Å². The van der Waals surface area contributed by atoms with Crippen LogP contribution in [0, 0.1) is 11.8 Å². The van der Waals surface area contributed by atoms with E-state index in [1.54, 1.807) is 0 Å². The second-order valence-electron chi connectivity index (χ2n) is 5.79. The van der Waals surface area contributed by atoms with Gasteiger partial charge in [0.2, 0.25) is 0 Å². The number of thiophene rings is 1. The summed E-state index contributed by atoms with van der Waals surface area (Å²) in [5.41, 5.74) is 1.41. The Hall–Kier alpha value is -0.770. The van der Waals surface area contributed by atoms with Gasteiger partial charge in [-0.25, -0.2) is 0 Å². The average molecular weight is 295 g/mol. The molecule has 2 nitrogen and oxygen atoms in total. The Labute approximate surface area is 124 Å². The summed E-state index contributed by atoms with van der Waals surface area (Å²) in [6.45, 7) is 5.04. The van der Waals surface area contributed by atoms with Crippen LogP contribution in [0.15, 0.2) is 29.6 Å². The van der Waals surface area contributed by atoms with Crippen molar-refractivity contribution in [3.63, 3.8) is 0 Å². The van der Waals surface area contributed by atoms with Crippen LogP contribution in [0.2, 0.25) is 0 Å². The number of nitrogens with zero attached hydrogens (tertiary/aromatic N) is 2. The van der Waals surface area contributed by atoms with Crippen molar-refractivity contribution >= 4 is 39.5 Å². The maximum absolute atomic E-state index is 2.58. The molecule has 102 valence electrons. The lowest BCUT2D eigenvalue weighted by atomic mass is 10.0. The molecule has 2 atom stereocenters. The van der Waals surface area contributed by atoms with Crippen molar-refractivity contribution < 1.29 is 0 Å². The third kappa shape index (κ3) is 2.24. The van der Waals surface area contributed by atoms with Crippen molar-refractivity contribution in [3.8, 4) is 0 Å². The number of likely N-dealkylation sites (tertiary alicyclic amines) is 1. The molecule has 0 bridgehead atoms. The molecule has 0 saturated carbocycles. The van der Waals surface area contributed by atoms with Crippen molar-refractivity contribution in [2.24, 2.45) is 11.8 Å². The molecule has 0 aliphatic carbocycles. The zero-order valence-corrected chi connectivity index (χ0v) is 12.7. The highest BCUT2D eigenvalue weighted by Crippen LogP contribution is 2.34. The monoisotopic (exact) mass is 294 g/mol. The molecular weight excluding hydrogens is 276 g/mol. The minimum atomic E-state index is 0. The van der Waals surface area contributed by atoms with E-state index in [1.165, 1.54) is 42.0 Å². The summed E-state index contributed by atoms with van der Waals surface area (Å²) in [6, 6.07) is 9.16. The molecule has 1 aromatic heterocycles. The molecule has 4 rings (SSSR count). The lowest BCUT2D eigenvalue weighted by Gasteiger charge is -2.21. The molecule has 2 aliphatic rings. The topological polar surface area (TPSA) is 6.48 Å². The summed E-state index contributed by atoms with van der Waals surface area (Å²) in [5, 5.41) is 3.58.